The number of pyridine rings is 1. The van der Waals surface area contributed by atoms with Crippen molar-refractivity contribution in [3.63, 3.8) is 0 Å². The van der Waals surface area contributed by atoms with Gasteiger partial charge in [-0.15, -0.1) is 23.1 Å². The number of nitrogens with one attached hydrogen (secondary N) is 2. The average molecular weight is 450 g/mol. The van der Waals surface area contributed by atoms with Gasteiger partial charge in [0.15, 0.2) is 0 Å². The number of carbonyl (C=O) groups is 2. The standard InChI is InChI=1S/C17H15ClF3N3O2S2/c18-11-7-10(17(19,20)21)8-23-16(11)27-6-5-22-15(26)12-3-4-13(28-12)24-14(25)9-1-2-9/h3-4,7-9H,1-2,5-6H2,(H,22,26)(H,24,25). The van der Waals surface area contributed by atoms with Gasteiger partial charge in [0, 0.05) is 24.4 Å². The van der Waals surface area contributed by atoms with E-state index in [-0.39, 0.29) is 34.3 Å². The Balaban J connectivity index is 1.44. The van der Waals surface area contributed by atoms with Crippen LogP contribution in [0.5, 0.6) is 0 Å². The third-order valence-corrected chi connectivity index (χ3v) is 6.19. The van der Waals surface area contributed by atoms with Crippen molar-refractivity contribution in [3.05, 3.63) is 39.9 Å². The maximum Gasteiger partial charge on any atom is 0.417 e. The van der Waals surface area contributed by atoms with Gasteiger partial charge in [-0.25, -0.2) is 4.98 Å². The molecule has 0 aliphatic heterocycles. The van der Waals surface area contributed by atoms with Crippen LogP contribution < -0.4 is 10.6 Å². The Hall–Kier alpha value is -1.78. The molecule has 0 atom stereocenters. The van der Waals surface area contributed by atoms with Crippen LogP contribution in [-0.4, -0.2) is 29.1 Å². The lowest BCUT2D eigenvalue weighted by atomic mass is 10.3. The molecule has 150 valence electrons. The quantitative estimate of drug-likeness (QED) is 0.475. The normalized spacial score (nSPS) is 14.0. The number of hydrogen-bond acceptors (Lipinski definition) is 5. The summed E-state index contributed by atoms with van der Waals surface area (Å²) in [4.78, 5) is 28.0. The molecule has 0 spiro atoms. The first kappa shape index (κ1) is 20.9. The first-order chi connectivity index (χ1) is 13.2. The molecular weight excluding hydrogens is 435 g/mol. The van der Waals surface area contributed by atoms with Crippen molar-refractivity contribution in [2.45, 2.75) is 24.0 Å². The van der Waals surface area contributed by atoms with Gasteiger partial charge in [-0.3, -0.25) is 9.59 Å². The van der Waals surface area contributed by atoms with Crippen LogP contribution in [-0.2, 0) is 11.0 Å². The second kappa shape index (κ2) is 8.71. The van der Waals surface area contributed by atoms with Crippen LogP contribution in [0, 0.1) is 5.92 Å². The molecule has 2 aromatic rings. The number of rotatable bonds is 7. The van der Waals surface area contributed by atoms with E-state index in [1.54, 1.807) is 12.1 Å². The minimum Gasteiger partial charge on any atom is -0.350 e. The van der Waals surface area contributed by atoms with Crippen molar-refractivity contribution in [1.29, 1.82) is 0 Å². The summed E-state index contributed by atoms with van der Waals surface area (Å²) in [7, 11) is 0. The first-order valence-electron chi connectivity index (χ1n) is 8.28. The largest absolute Gasteiger partial charge is 0.417 e. The highest BCUT2D eigenvalue weighted by Gasteiger charge is 2.31. The topological polar surface area (TPSA) is 71.1 Å². The van der Waals surface area contributed by atoms with E-state index in [9.17, 15) is 22.8 Å². The van der Waals surface area contributed by atoms with E-state index in [2.05, 4.69) is 15.6 Å². The van der Waals surface area contributed by atoms with Gasteiger partial charge < -0.3 is 10.6 Å². The molecule has 0 saturated heterocycles. The zero-order valence-corrected chi connectivity index (χ0v) is 16.7. The average Bonchev–Trinajstić information content (AvgIpc) is 3.38. The molecule has 1 fully saturated rings. The molecule has 0 bridgehead atoms. The van der Waals surface area contributed by atoms with E-state index in [1.807, 2.05) is 0 Å². The fourth-order valence-corrected chi connectivity index (χ4v) is 4.06. The van der Waals surface area contributed by atoms with Crippen molar-refractivity contribution >= 4 is 51.5 Å². The molecule has 0 aromatic carbocycles. The van der Waals surface area contributed by atoms with Crippen LogP contribution in [0.25, 0.3) is 0 Å². The van der Waals surface area contributed by atoms with Gasteiger partial charge in [-0.2, -0.15) is 13.2 Å². The summed E-state index contributed by atoms with van der Waals surface area (Å²) in [6, 6.07) is 4.14. The van der Waals surface area contributed by atoms with E-state index >= 15 is 0 Å². The molecule has 11 heteroatoms. The van der Waals surface area contributed by atoms with Crippen LogP contribution >= 0.6 is 34.7 Å². The molecule has 0 unspecified atom stereocenters. The van der Waals surface area contributed by atoms with Crippen LogP contribution in [0.15, 0.2) is 29.4 Å². The van der Waals surface area contributed by atoms with Gasteiger partial charge in [-0.05, 0) is 31.0 Å². The SMILES string of the molecule is O=C(NCCSc1ncc(C(F)(F)F)cc1Cl)c1ccc(NC(=O)C2CC2)s1. The van der Waals surface area contributed by atoms with E-state index in [0.29, 0.717) is 15.6 Å². The lowest BCUT2D eigenvalue weighted by Crippen LogP contribution is -2.24. The third kappa shape index (κ3) is 5.62. The maximum absolute atomic E-state index is 12.6. The smallest absolute Gasteiger partial charge is 0.350 e. The lowest BCUT2D eigenvalue weighted by Gasteiger charge is -2.09. The molecule has 1 saturated carbocycles. The van der Waals surface area contributed by atoms with Gasteiger partial charge >= 0.3 is 6.18 Å². The number of anilines is 1. The molecule has 28 heavy (non-hydrogen) atoms. The molecule has 1 aliphatic carbocycles. The zero-order chi connectivity index (χ0) is 20.3. The van der Waals surface area contributed by atoms with E-state index in [4.69, 9.17) is 11.6 Å². The van der Waals surface area contributed by atoms with Gasteiger partial charge in [0.25, 0.3) is 5.91 Å². The number of nitrogens with zero attached hydrogens (tertiary/aromatic N) is 1. The molecule has 2 amide bonds. The van der Waals surface area contributed by atoms with Crippen molar-refractivity contribution in [1.82, 2.24) is 10.3 Å². The predicted octanol–water partition coefficient (Wildman–Crippen LogP) is 4.69. The molecule has 2 heterocycles. The highest BCUT2D eigenvalue weighted by atomic mass is 35.5. The number of carbonyl (C=O) groups excluding carboxylic acids is 2. The number of alkyl halides is 3. The summed E-state index contributed by atoms with van der Waals surface area (Å²) < 4.78 is 37.8. The monoisotopic (exact) mass is 449 g/mol. The van der Waals surface area contributed by atoms with Gasteiger partial charge in [-0.1, -0.05) is 11.6 Å². The number of thioether (sulfide) groups is 1. The fraction of sp³-hybridized carbons (Fsp3) is 0.353. The Bertz CT molecular complexity index is 885. The summed E-state index contributed by atoms with van der Waals surface area (Å²) in [6.45, 7) is 0.282. The van der Waals surface area contributed by atoms with Crippen LogP contribution in [0.4, 0.5) is 18.2 Å². The third-order valence-electron chi connectivity index (χ3n) is 3.79. The van der Waals surface area contributed by atoms with E-state index < -0.39 is 11.7 Å². The first-order valence-corrected chi connectivity index (χ1v) is 10.5. The van der Waals surface area contributed by atoms with Gasteiger partial charge in [0.05, 0.1) is 20.5 Å². The Labute approximate surface area is 172 Å². The predicted molar refractivity (Wildman–Crippen MR) is 103 cm³/mol. The van der Waals surface area contributed by atoms with Gasteiger partial charge in [0.2, 0.25) is 5.91 Å². The summed E-state index contributed by atoms with van der Waals surface area (Å²) >= 11 is 8.17. The van der Waals surface area contributed by atoms with Crippen molar-refractivity contribution in [2.75, 3.05) is 17.6 Å². The van der Waals surface area contributed by atoms with Crippen molar-refractivity contribution < 1.29 is 22.8 Å². The zero-order valence-electron chi connectivity index (χ0n) is 14.3. The molecule has 3 rings (SSSR count). The lowest BCUT2D eigenvalue weighted by molar-refractivity contribution is -0.137. The fourth-order valence-electron chi connectivity index (χ4n) is 2.18. The van der Waals surface area contributed by atoms with Crippen LogP contribution in [0.2, 0.25) is 5.02 Å². The van der Waals surface area contributed by atoms with Crippen molar-refractivity contribution in [2.24, 2.45) is 5.92 Å². The van der Waals surface area contributed by atoms with Crippen LogP contribution in [0.1, 0.15) is 28.1 Å². The second-order valence-electron chi connectivity index (χ2n) is 6.04. The van der Waals surface area contributed by atoms with Crippen LogP contribution in [0.3, 0.4) is 0 Å². The number of aromatic nitrogens is 1. The molecule has 1 aliphatic rings. The Morgan fingerprint density at radius 1 is 1.32 bits per heavy atom. The molecule has 5 nitrogen and oxygen atoms in total. The Morgan fingerprint density at radius 2 is 2.07 bits per heavy atom. The number of hydrogen-bond donors (Lipinski definition) is 2. The maximum atomic E-state index is 12.6. The number of thiophene rings is 1. The summed E-state index contributed by atoms with van der Waals surface area (Å²) in [5.74, 6) is 0.165. The number of halogens is 4. The Kier molecular flexibility index (Phi) is 6.51. The highest BCUT2D eigenvalue weighted by molar-refractivity contribution is 7.99. The number of amides is 2. The summed E-state index contributed by atoms with van der Waals surface area (Å²) in [5.41, 5.74) is -0.905. The molecular formula is C17H15ClF3N3O2S2. The summed E-state index contributed by atoms with van der Waals surface area (Å²) in [6.07, 6.45) is -1.96. The van der Waals surface area contributed by atoms with Crippen molar-refractivity contribution in [3.8, 4) is 0 Å². The highest BCUT2D eigenvalue weighted by Crippen LogP contribution is 2.34. The molecule has 2 N–H and O–H groups in total. The second-order valence-corrected chi connectivity index (χ2v) is 8.62. The Morgan fingerprint density at radius 3 is 2.71 bits per heavy atom. The van der Waals surface area contributed by atoms with Gasteiger partial charge in [0.1, 0.15) is 5.03 Å². The minimum atomic E-state index is -4.49. The summed E-state index contributed by atoms with van der Waals surface area (Å²) in [5, 5.41) is 6.30. The van der Waals surface area contributed by atoms with E-state index in [1.165, 1.54) is 11.3 Å². The van der Waals surface area contributed by atoms with E-state index in [0.717, 1.165) is 36.9 Å². The molecule has 0 radical (unpaired) electrons. The minimum absolute atomic E-state index is 0.0221. The molecule has 2 aromatic heterocycles.